The van der Waals surface area contributed by atoms with Gasteiger partial charge in [-0.05, 0) is 63.8 Å². The van der Waals surface area contributed by atoms with E-state index < -0.39 is 24.6 Å². The smallest absolute Gasteiger partial charge is 0.185 e. The van der Waals surface area contributed by atoms with Crippen LogP contribution in [-0.4, -0.2) is 65.9 Å². The number of aliphatic hydroxyl groups excluding tert-OH is 2. The topological polar surface area (TPSA) is 97.3 Å². The van der Waals surface area contributed by atoms with Crippen LogP contribution in [0.4, 0.5) is 0 Å². The predicted molar refractivity (Wildman–Crippen MR) is 152 cm³/mol. The molecule has 0 radical (unpaired) electrons. The summed E-state index contributed by atoms with van der Waals surface area (Å²) in [6.07, 6.45) is 2.93. The van der Waals surface area contributed by atoms with Crippen LogP contribution >= 0.6 is 0 Å². The van der Waals surface area contributed by atoms with Gasteiger partial charge in [0.1, 0.15) is 18.0 Å². The Morgan fingerprint density at radius 1 is 1.05 bits per heavy atom. The van der Waals surface area contributed by atoms with E-state index in [2.05, 4.69) is 39.6 Å². The van der Waals surface area contributed by atoms with E-state index in [1.165, 1.54) is 0 Å². The third-order valence-electron chi connectivity index (χ3n) is 9.08. The fourth-order valence-corrected chi connectivity index (χ4v) is 6.43. The lowest BCUT2D eigenvalue weighted by atomic mass is 9.79. The predicted octanol–water partition coefficient (Wildman–Crippen LogP) is 5.23. The van der Waals surface area contributed by atoms with Crippen molar-refractivity contribution in [3.63, 3.8) is 0 Å². The van der Waals surface area contributed by atoms with Crippen LogP contribution in [0.15, 0.2) is 12.3 Å². The number of Topliss-reactive ketones (excluding diaryl/α,β-unsaturated/α-hetero) is 1. The Bertz CT molecular complexity index is 731. The number of hydrogen-bond donors (Lipinski definition) is 3. The maximum absolute atomic E-state index is 13.2. The Hall–Kier alpha value is -0.990. The third kappa shape index (κ3) is 9.29. The highest BCUT2D eigenvalue weighted by atomic mass is 16.7. The van der Waals surface area contributed by atoms with Crippen molar-refractivity contribution >= 4 is 5.78 Å². The van der Waals surface area contributed by atoms with E-state index in [4.69, 9.17) is 14.2 Å². The van der Waals surface area contributed by atoms with Gasteiger partial charge in [-0.3, -0.25) is 4.79 Å². The van der Waals surface area contributed by atoms with E-state index in [1.54, 1.807) is 0 Å². The maximum Gasteiger partial charge on any atom is 0.185 e. The molecule has 2 aliphatic heterocycles. The largest absolute Gasteiger partial charge is 0.495 e. The highest BCUT2D eigenvalue weighted by Gasteiger charge is 2.41. The fourth-order valence-electron chi connectivity index (χ4n) is 6.43. The SMILES string of the molecule is C=C1C[C@@H](O)[C@H](C)[C@@H](OC2OC(C)CC(NC)C2O)[C@@H](CC)C[C@@H](C)C(=O)CCC(C)C[C@H](C)[C@@H](CC)O1. The van der Waals surface area contributed by atoms with Gasteiger partial charge in [-0.25, -0.2) is 0 Å². The summed E-state index contributed by atoms with van der Waals surface area (Å²) in [6, 6.07) is -0.140. The second-order valence-electron chi connectivity index (χ2n) is 12.4. The molecule has 2 saturated heterocycles. The number of aliphatic hydroxyl groups is 2. The molecule has 7 heteroatoms. The minimum atomic E-state index is -0.830. The Morgan fingerprint density at radius 3 is 2.34 bits per heavy atom. The molecule has 222 valence electrons. The molecule has 0 aromatic heterocycles. The number of nitrogens with one attached hydrogen (secondary N) is 1. The number of hydrogen-bond acceptors (Lipinski definition) is 7. The van der Waals surface area contributed by atoms with Crippen molar-refractivity contribution in [2.45, 2.75) is 143 Å². The van der Waals surface area contributed by atoms with Gasteiger partial charge in [0.15, 0.2) is 6.29 Å². The molecule has 0 amide bonds. The first-order chi connectivity index (χ1) is 17.9. The first-order valence-corrected chi connectivity index (χ1v) is 15.1. The first kappa shape index (κ1) is 33.2. The average Bonchev–Trinajstić information content (AvgIpc) is 2.87. The van der Waals surface area contributed by atoms with E-state index in [0.717, 1.165) is 25.7 Å². The van der Waals surface area contributed by atoms with Crippen molar-refractivity contribution in [1.82, 2.24) is 5.32 Å². The number of carbonyl (C=O) groups excluding carboxylic acids is 1. The molecule has 0 aromatic carbocycles. The van der Waals surface area contributed by atoms with Crippen molar-refractivity contribution in [2.75, 3.05) is 7.05 Å². The molecule has 2 heterocycles. The van der Waals surface area contributed by atoms with Crippen molar-refractivity contribution in [3.8, 4) is 0 Å². The quantitative estimate of drug-likeness (QED) is 0.440. The molecule has 38 heavy (non-hydrogen) atoms. The second-order valence-corrected chi connectivity index (χ2v) is 12.4. The Balaban J connectivity index is 2.35. The van der Waals surface area contributed by atoms with E-state index in [1.807, 2.05) is 27.8 Å². The van der Waals surface area contributed by atoms with Gasteiger partial charge >= 0.3 is 0 Å². The summed E-state index contributed by atoms with van der Waals surface area (Å²) >= 11 is 0. The molecule has 3 N–H and O–H groups in total. The molecule has 0 aromatic rings. The van der Waals surface area contributed by atoms with Crippen LogP contribution in [0.25, 0.3) is 0 Å². The van der Waals surface area contributed by atoms with Gasteiger partial charge in [0.25, 0.3) is 0 Å². The summed E-state index contributed by atoms with van der Waals surface area (Å²) in [7, 11) is 1.83. The summed E-state index contributed by atoms with van der Waals surface area (Å²) < 4.78 is 18.9. The summed E-state index contributed by atoms with van der Waals surface area (Å²) in [5.74, 6) is 1.27. The van der Waals surface area contributed by atoms with Gasteiger partial charge in [-0.2, -0.15) is 0 Å². The first-order valence-electron chi connectivity index (χ1n) is 15.1. The second kappa shape index (κ2) is 15.7. The molecule has 12 atom stereocenters. The van der Waals surface area contributed by atoms with Crippen molar-refractivity contribution < 1.29 is 29.2 Å². The zero-order valence-corrected chi connectivity index (χ0v) is 25.3. The molecule has 0 bridgehead atoms. The summed E-state index contributed by atoms with van der Waals surface area (Å²) in [4.78, 5) is 13.2. The Morgan fingerprint density at radius 2 is 1.74 bits per heavy atom. The summed E-state index contributed by atoms with van der Waals surface area (Å²) in [5.41, 5.74) is 0. The summed E-state index contributed by atoms with van der Waals surface area (Å²) in [5, 5.41) is 25.6. The van der Waals surface area contributed by atoms with E-state index in [0.29, 0.717) is 43.3 Å². The monoisotopic (exact) mass is 539 g/mol. The zero-order valence-electron chi connectivity index (χ0n) is 25.3. The highest BCUT2D eigenvalue weighted by Crippen LogP contribution is 2.35. The van der Waals surface area contributed by atoms with E-state index in [9.17, 15) is 15.0 Å². The molecule has 5 unspecified atom stereocenters. The minimum absolute atomic E-state index is 0.0163. The Labute approximate surface area is 232 Å². The third-order valence-corrected chi connectivity index (χ3v) is 9.08. The van der Waals surface area contributed by atoms with Crippen LogP contribution in [0.1, 0.15) is 99.8 Å². The van der Waals surface area contributed by atoms with Crippen molar-refractivity contribution in [3.05, 3.63) is 12.3 Å². The standard InChI is InChI=1S/C31H57NO6/c1-10-24-15-19(4)26(33)13-12-18(3)14-20(5)28(11-2)36-22(7)17-27(34)23(8)30(24)38-31-29(35)25(32-9)16-21(6)37-31/h18-21,23-25,27-32,34-35H,7,10-17H2,1-6,8-9H3/t18?,19-,20+,21?,23+,24+,25?,27-,28-,29?,30-,31?/m1/s1. The van der Waals surface area contributed by atoms with E-state index in [-0.39, 0.29) is 41.8 Å². The van der Waals surface area contributed by atoms with Crippen LogP contribution in [0.3, 0.4) is 0 Å². The number of ketones is 1. The van der Waals surface area contributed by atoms with Crippen LogP contribution < -0.4 is 5.32 Å². The molecular weight excluding hydrogens is 482 g/mol. The lowest BCUT2D eigenvalue weighted by molar-refractivity contribution is -0.276. The van der Waals surface area contributed by atoms with Crippen LogP contribution in [0.5, 0.6) is 0 Å². The molecule has 2 rings (SSSR count). The molecule has 0 spiro atoms. The van der Waals surface area contributed by atoms with E-state index >= 15 is 0 Å². The van der Waals surface area contributed by atoms with Gasteiger partial charge in [0.2, 0.25) is 0 Å². The van der Waals surface area contributed by atoms with Gasteiger partial charge in [-0.1, -0.05) is 54.5 Å². The number of ether oxygens (including phenoxy) is 3. The Kier molecular flexibility index (Phi) is 13.7. The normalized spacial score (nSPS) is 43.0. The molecular formula is C31H57NO6. The molecule has 0 saturated carbocycles. The van der Waals surface area contributed by atoms with Crippen molar-refractivity contribution in [1.29, 1.82) is 0 Å². The maximum atomic E-state index is 13.2. The van der Waals surface area contributed by atoms with Crippen LogP contribution in [-0.2, 0) is 19.0 Å². The van der Waals surface area contributed by atoms with Gasteiger partial charge < -0.3 is 29.7 Å². The van der Waals surface area contributed by atoms with Crippen LogP contribution in [0, 0.1) is 29.6 Å². The van der Waals surface area contributed by atoms with Gasteiger partial charge in [0.05, 0.1) is 24.1 Å². The molecule has 2 fully saturated rings. The number of likely N-dealkylation sites (N-methyl/N-ethyl adjacent to an activating group) is 1. The zero-order chi connectivity index (χ0) is 28.6. The van der Waals surface area contributed by atoms with Crippen LogP contribution in [0.2, 0.25) is 0 Å². The number of rotatable bonds is 5. The lowest BCUT2D eigenvalue weighted by Crippen LogP contribution is -2.56. The summed E-state index contributed by atoms with van der Waals surface area (Å²) in [6.45, 7) is 18.8. The number of carbonyl (C=O) groups is 1. The molecule has 2 aliphatic rings. The minimum Gasteiger partial charge on any atom is -0.495 e. The van der Waals surface area contributed by atoms with Crippen molar-refractivity contribution in [2.24, 2.45) is 29.6 Å². The molecule has 7 nitrogen and oxygen atoms in total. The van der Waals surface area contributed by atoms with Gasteiger partial charge in [-0.15, -0.1) is 0 Å². The lowest BCUT2D eigenvalue weighted by Gasteiger charge is -2.43. The average molecular weight is 540 g/mol. The molecule has 0 aliphatic carbocycles. The fraction of sp³-hybridized carbons (Fsp3) is 0.903. The highest BCUT2D eigenvalue weighted by molar-refractivity contribution is 5.80. The van der Waals surface area contributed by atoms with Gasteiger partial charge in [0, 0.05) is 30.7 Å².